The second kappa shape index (κ2) is 7.05. The Balaban J connectivity index is 0.000000774. The molecule has 0 spiro atoms. The quantitative estimate of drug-likeness (QED) is 0.819. The van der Waals surface area contributed by atoms with Crippen LogP contribution in [0, 0.1) is 6.92 Å². The van der Waals surface area contributed by atoms with Crippen molar-refractivity contribution in [2.24, 2.45) is 5.73 Å². The van der Waals surface area contributed by atoms with E-state index in [1.165, 1.54) is 5.56 Å². The minimum absolute atomic E-state index is 0.307. The van der Waals surface area contributed by atoms with Gasteiger partial charge in [-0.2, -0.15) is 4.98 Å². The van der Waals surface area contributed by atoms with E-state index < -0.39 is 0 Å². The summed E-state index contributed by atoms with van der Waals surface area (Å²) >= 11 is 6.05. The van der Waals surface area contributed by atoms with Gasteiger partial charge < -0.3 is 10.6 Å². The van der Waals surface area contributed by atoms with Crippen molar-refractivity contribution in [1.29, 1.82) is 0 Å². The van der Waals surface area contributed by atoms with Gasteiger partial charge >= 0.3 is 0 Å². The summed E-state index contributed by atoms with van der Waals surface area (Å²) in [6, 6.07) is 6.51. The van der Waals surface area contributed by atoms with Crippen molar-refractivity contribution < 1.29 is 0 Å². The van der Waals surface area contributed by atoms with Gasteiger partial charge in [0, 0.05) is 24.5 Å². The predicted molar refractivity (Wildman–Crippen MR) is 90.1 cm³/mol. The molecule has 0 bridgehead atoms. The maximum absolute atomic E-state index is 6.05. The molecule has 1 saturated heterocycles. The topological polar surface area (TPSA) is 55.0 Å². The smallest absolute Gasteiger partial charge is 0.224 e. The van der Waals surface area contributed by atoms with Crippen molar-refractivity contribution in [2.45, 2.75) is 39.7 Å². The second-order valence-electron chi connectivity index (χ2n) is 5.16. The molecule has 4 nitrogen and oxygen atoms in total. The van der Waals surface area contributed by atoms with Gasteiger partial charge in [0.25, 0.3) is 0 Å². The van der Waals surface area contributed by atoms with E-state index in [9.17, 15) is 0 Å². The Bertz CT molecular complexity index is 601. The average molecular weight is 307 g/mol. The fourth-order valence-corrected chi connectivity index (χ4v) is 2.72. The standard InChI is InChI=1S/C14H17ClN4.C2H6/c1-9-2-3-11-12(8-9)17-14(15)18-13(11)19-6-4-10(16)5-7-19;1-2/h2-3,8,10H,4-7,16H2,1H3;1-2H3. The third-order valence-electron chi connectivity index (χ3n) is 3.64. The third-order valence-corrected chi connectivity index (χ3v) is 3.81. The number of hydrogen-bond acceptors (Lipinski definition) is 4. The summed E-state index contributed by atoms with van der Waals surface area (Å²) in [5, 5.41) is 1.37. The second-order valence-corrected chi connectivity index (χ2v) is 5.50. The van der Waals surface area contributed by atoms with Gasteiger partial charge in [-0.15, -0.1) is 0 Å². The van der Waals surface area contributed by atoms with Crippen molar-refractivity contribution >= 4 is 28.3 Å². The van der Waals surface area contributed by atoms with Gasteiger partial charge in [0.2, 0.25) is 5.28 Å². The number of halogens is 1. The first-order chi connectivity index (χ1) is 10.1. The van der Waals surface area contributed by atoms with Crippen LogP contribution in [-0.2, 0) is 0 Å². The van der Waals surface area contributed by atoms with E-state index in [-0.39, 0.29) is 0 Å². The molecule has 0 atom stereocenters. The Kier molecular flexibility index (Phi) is 5.37. The maximum Gasteiger partial charge on any atom is 0.224 e. The molecule has 1 aliphatic rings. The number of anilines is 1. The van der Waals surface area contributed by atoms with Gasteiger partial charge in [-0.05, 0) is 49.1 Å². The molecule has 2 heterocycles. The fourth-order valence-electron chi connectivity index (χ4n) is 2.55. The molecule has 1 aromatic heterocycles. The Morgan fingerprint density at radius 1 is 1.19 bits per heavy atom. The molecule has 5 heteroatoms. The van der Waals surface area contributed by atoms with E-state index in [4.69, 9.17) is 17.3 Å². The van der Waals surface area contributed by atoms with Gasteiger partial charge in [0.15, 0.2) is 0 Å². The lowest BCUT2D eigenvalue weighted by atomic mass is 10.1. The van der Waals surface area contributed by atoms with Crippen molar-refractivity contribution in [3.8, 4) is 0 Å². The van der Waals surface area contributed by atoms with Crippen molar-refractivity contribution in [3.63, 3.8) is 0 Å². The van der Waals surface area contributed by atoms with Crippen LogP contribution in [0.2, 0.25) is 5.28 Å². The molecule has 0 unspecified atom stereocenters. The zero-order valence-electron chi connectivity index (χ0n) is 12.9. The van der Waals surface area contributed by atoms with E-state index in [0.717, 1.165) is 42.7 Å². The Morgan fingerprint density at radius 3 is 2.52 bits per heavy atom. The van der Waals surface area contributed by atoms with Crippen LogP contribution in [0.25, 0.3) is 10.9 Å². The number of rotatable bonds is 1. The molecule has 21 heavy (non-hydrogen) atoms. The largest absolute Gasteiger partial charge is 0.356 e. The molecule has 0 radical (unpaired) electrons. The fraction of sp³-hybridized carbons (Fsp3) is 0.500. The molecule has 0 aliphatic carbocycles. The number of nitrogens with two attached hydrogens (primary N) is 1. The monoisotopic (exact) mass is 306 g/mol. The van der Waals surface area contributed by atoms with Crippen LogP contribution >= 0.6 is 11.6 Å². The zero-order chi connectivity index (χ0) is 15.4. The lowest BCUT2D eigenvalue weighted by Gasteiger charge is -2.31. The van der Waals surface area contributed by atoms with Crippen LogP contribution in [0.1, 0.15) is 32.3 Å². The predicted octanol–water partition coefficient (Wildman–Crippen LogP) is 3.55. The normalized spacial score (nSPS) is 15.8. The minimum atomic E-state index is 0.307. The molecule has 1 aromatic carbocycles. The highest BCUT2D eigenvalue weighted by Crippen LogP contribution is 2.28. The van der Waals surface area contributed by atoms with Crippen molar-refractivity contribution in [3.05, 3.63) is 29.0 Å². The number of hydrogen-bond donors (Lipinski definition) is 1. The molecular weight excluding hydrogens is 284 g/mol. The van der Waals surface area contributed by atoms with E-state index in [0.29, 0.717) is 11.3 Å². The average Bonchev–Trinajstić information content (AvgIpc) is 2.49. The Labute approximate surface area is 131 Å². The summed E-state index contributed by atoms with van der Waals surface area (Å²) in [4.78, 5) is 11.0. The minimum Gasteiger partial charge on any atom is -0.356 e. The Hall–Kier alpha value is -1.39. The highest BCUT2D eigenvalue weighted by molar-refractivity contribution is 6.28. The summed E-state index contributed by atoms with van der Waals surface area (Å²) < 4.78 is 0. The summed E-state index contributed by atoms with van der Waals surface area (Å²) in [6.07, 6.45) is 1.99. The van der Waals surface area contributed by atoms with Gasteiger partial charge in [-0.1, -0.05) is 19.9 Å². The van der Waals surface area contributed by atoms with Crippen LogP contribution in [0.5, 0.6) is 0 Å². The third kappa shape index (κ3) is 3.63. The van der Waals surface area contributed by atoms with Crippen LogP contribution < -0.4 is 10.6 Å². The summed E-state index contributed by atoms with van der Waals surface area (Å²) in [6.45, 7) is 7.91. The number of fused-ring (bicyclic) bond motifs is 1. The number of nitrogens with zero attached hydrogens (tertiary/aromatic N) is 3. The van der Waals surface area contributed by atoms with E-state index >= 15 is 0 Å². The maximum atomic E-state index is 6.05. The highest BCUT2D eigenvalue weighted by atomic mass is 35.5. The summed E-state index contributed by atoms with van der Waals surface area (Å²) in [5.74, 6) is 0.932. The lowest BCUT2D eigenvalue weighted by molar-refractivity contribution is 0.499. The lowest BCUT2D eigenvalue weighted by Crippen LogP contribution is -2.40. The first-order valence-corrected chi connectivity index (χ1v) is 7.96. The van der Waals surface area contributed by atoms with Crippen LogP contribution in [0.3, 0.4) is 0 Å². The van der Waals surface area contributed by atoms with Gasteiger partial charge in [0.05, 0.1) is 5.52 Å². The first-order valence-electron chi connectivity index (χ1n) is 7.58. The van der Waals surface area contributed by atoms with Crippen LogP contribution in [0.15, 0.2) is 18.2 Å². The van der Waals surface area contributed by atoms with E-state index in [1.54, 1.807) is 0 Å². The highest BCUT2D eigenvalue weighted by Gasteiger charge is 2.20. The molecule has 1 fully saturated rings. The van der Waals surface area contributed by atoms with Crippen LogP contribution in [-0.4, -0.2) is 29.1 Å². The molecule has 114 valence electrons. The first kappa shape index (κ1) is 16.0. The molecule has 2 aromatic rings. The van der Waals surface area contributed by atoms with Crippen molar-refractivity contribution in [1.82, 2.24) is 9.97 Å². The SMILES string of the molecule is CC.Cc1ccc2c(N3CCC(N)CC3)nc(Cl)nc2c1. The number of aromatic nitrogens is 2. The molecule has 1 aliphatic heterocycles. The number of aryl methyl sites for hydroxylation is 1. The van der Waals surface area contributed by atoms with Crippen LogP contribution in [0.4, 0.5) is 5.82 Å². The Morgan fingerprint density at radius 2 is 1.86 bits per heavy atom. The summed E-state index contributed by atoms with van der Waals surface area (Å²) in [7, 11) is 0. The van der Waals surface area contributed by atoms with E-state index in [2.05, 4.69) is 33.9 Å². The molecule has 0 amide bonds. The molecule has 3 rings (SSSR count). The number of benzene rings is 1. The molecular formula is C16H23ClN4. The van der Waals surface area contributed by atoms with Gasteiger partial charge in [-0.3, -0.25) is 0 Å². The summed E-state index contributed by atoms with van der Waals surface area (Å²) in [5.41, 5.74) is 8.03. The van der Waals surface area contributed by atoms with E-state index in [1.807, 2.05) is 19.9 Å². The zero-order valence-corrected chi connectivity index (χ0v) is 13.7. The van der Waals surface area contributed by atoms with Gasteiger partial charge in [0.1, 0.15) is 5.82 Å². The molecule has 0 saturated carbocycles. The number of piperidine rings is 1. The van der Waals surface area contributed by atoms with Gasteiger partial charge in [-0.25, -0.2) is 4.98 Å². The molecule has 2 N–H and O–H groups in total. The van der Waals surface area contributed by atoms with Crippen molar-refractivity contribution in [2.75, 3.05) is 18.0 Å².